The maximum atomic E-state index is 13.4. The summed E-state index contributed by atoms with van der Waals surface area (Å²) in [5.74, 6) is 0.302. The molecule has 148 valence electrons. The summed E-state index contributed by atoms with van der Waals surface area (Å²) in [5.41, 5.74) is 1.17. The van der Waals surface area contributed by atoms with E-state index in [4.69, 9.17) is 4.74 Å². The van der Waals surface area contributed by atoms with Gasteiger partial charge in [-0.3, -0.25) is 4.79 Å². The average molecular weight is 373 g/mol. The number of aliphatic hydroxyl groups excluding tert-OH is 1. The molecule has 1 aliphatic carbocycles. The van der Waals surface area contributed by atoms with E-state index in [0.29, 0.717) is 13.2 Å². The van der Waals surface area contributed by atoms with Gasteiger partial charge in [-0.1, -0.05) is 30.3 Å². The smallest absolute Gasteiger partial charge is 0.226 e. The first-order valence-corrected chi connectivity index (χ1v) is 10.6. The number of nitrogens with zero attached hydrogens (tertiary/aromatic N) is 2. The minimum atomic E-state index is -0.230. The fourth-order valence-electron chi connectivity index (χ4n) is 4.95. The largest absolute Gasteiger partial charge is 0.393 e. The Morgan fingerprint density at radius 1 is 1.04 bits per heavy atom. The summed E-state index contributed by atoms with van der Waals surface area (Å²) in [6.45, 7) is 4.44. The second kappa shape index (κ2) is 8.72. The van der Waals surface area contributed by atoms with Gasteiger partial charge in [-0.15, -0.1) is 0 Å². The van der Waals surface area contributed by atoms with Crippen molar-refractivity contribution in [2.75, 3.05) is 32.8 Å². The minimum absolute atomic E-state index is 0.0140. The summed E-state index contributed by atoms with van der Waals surface area (Å²) >= 11 is 0. The van der Waals surface area contributed by atoms with Crippen LogP contribution in [0.4, 0.5) is 0 Å². The number of carbonyl (C=O) groups excluding carboxylic acids is 1. The van der Waals surface area contributed by atoms with E-state index in [2.05, 4.69) is 34.1 Å². The minimum Gasteiger partial charge on any atom is -0.393 e. The van der Waals surface area contributed by atoms with Crippen LogP contribution < -0.4 is 0 Å². The standard InChI is InChI=1S/C22H32N2O3/c25-19-10-8-18(9-11-19)22(26)24-14-15-27-20(16-23-12-4-5-13-23)21(24)17-6-2-1-3-7-17/h1-3,6-7,18-21,25H,4-5,8-16H2/t18?,19?,20-,21-/m0/s1. The van der Waals surface area contributed by atoms with E-state index in [-0.39, 0.29) is 30.1 Å². The fraction of sp³-hybridized carbons (Fsp3) is 0.682. The van der Waals surface area contributed by atoms with Gasteiger partial charge in [-0.05, 0) is 57.2 Å². The molecule has 0 bridgehead atoms. The molecule has 3 fully saturated rings. The average Bonchev–Trinajstić information content (AvgIpc) is 3.22. The van der Waals surface area contributed by atoms with Crippen molar-refractivity contribution in [2.24, 2.45) is 5.92 Å². The monoisotopic (exact) mass is 372 g/mol. The molecule has 1 saturated carbocycles. The highest BCUT2D eigenvalue weighted by Crippen LogP contribution is 2.34. The van der Waals surface area contributed by atoms with Crippen molar-refractivity contribution in [1.82, 2.24) is 9.80 Å². The van der Waals surface area contributed by atoms with Gasteiger partial charge in [-0.2, -0.15) is 0 Å². The highest BCUT2D eigenvalue weighted by atomic mass is 16.5. The number of aliphatic hydroxyl groups is 1. The highest BCUT2D eigenvalue weighted by Gasteiger charge is 2.40. The molecule has 5 nitrogen and oxygen atoms in total. The quantitative estimate of drug-likeness (QED) is 0.883. The Labute approximate surface area is 162 Å². The molecular weight excluding hydrogens is 340 g/mol. The number of amides is 1. The maximum absolute atomic E-state index is 13.4. The summed E-state index contributed by atoms with van der Waals surface area (Å²) in [6, 6.07) is 10.4. The van der Waals surface area contributed by atoms with E-state index in [1.807, 2.05) is 6.07 Å². The number of benzene rings is 1. The van der Waals surface area contributed by atoms with Gasteiger partial charge in [-0.25, -0.2) is 0 Å². The van der Waals surface area contributed by atoms with E-state index in [1.165, 1.54) is 18.4 Å². The molecule has 0 radical (unpaired) electrons. The predicted molar refractivity (Wildman–Crippen MR) is 104 cm³/mol. The zero-order chi connectivity index (χ0) is 18.6. The maximum Gasteiger partial charge on any atom is 0.226 e. The molecule has 1 N–H and O–H groups in total. The van der Waals surface area contributed by atoms with Gasteiger partial charge in [0.15, 0.2) is 0 Å². The number of hydrogen-bond acceptors (Lipinski definition) is 4. The number of rotatable bonds is 4. The highest BCUT2D eigenvalue weighted by molar-refractivity contribution is 5.79. The van der Waals surface area contributed by atoms with Crippen molar-refractivity contribution in [2.45, 2.75) is 56.8 Å². The Morgan fingerprint density at radius 3 is 2.44 bits per heavy atom. The summed E-state index contributed by atoms with van der Waals surface area (Å²) < 4.78 is 6.22. The van der Waals surface area contributed by atoms with E-state index in [0.717, 1.165) is 45.3 Å². The van der Waals surface area contributed by atoms with E-state index >= 15 is 0 Å². The second-order valence-electron chi connectivity index (χ2n) is 8.31. The summed E-state index contributed by atoms with van der Waals surface area (Å²) in [4.78, 5) is 18.0. The van der Waals surface area contributed by atoms with Gasteiger partial charge < -0.3 is 19.6 Å². The molecule has 27 heavy (non-hydrogen) atoms. The number of likely N-dealkylation sites (tertiary alicyclic amines) is 1. The van der Waals surface area contributed by atoms with Gasteiger partial charge in [0.25, 0.3) is 0 Å². The zero-order valence-corrected chi connectivity index (χ0v) is 16.1. The lowest BCUT2D eigenvalue weighted by atomic mass is 9.85. The Balaban J connectivity index is 1.55. The van der Waals surface area contributed by atoms with Crippen LogP contribution in [0, 0.1) is 5.92 Å². The third-order valence-corrected chi connectivity index (χ3v) is 6.46. The molecule has 4 rings (SSSR count). The van der Waals surface area contributed by atoms with Crippen LogP contribution in [0.5, 0.6) is 0 Å². The molecule has 2 atom stereocenters. The molecule has 3 aliphatic rings. The normalized spacial score (nSPS) is 32.6. The van der Waals surface area contributed by atoms with Crippen LogP contribution in [0.3, 0.4) is 0 Å². The SMILES string of the molecule is O=C(C1CCC(O)CC1)N1CCO[C@@H](CN2CCCC2)[C@@H]1c1ccccc1. The molecule has 1 aromatic rings. The topological polar surface area (TPSA) is 53.0 Å². The van der Waals surface area contributed by atoms with Crippen molar-refractivity contribution in [3.8, 4) is 0 Å². The van der Waals surface area contributed by atoms with Crippen molar-refractivity contribution in [1.29, 1.82) is 0 Å². The Bertz CT molecular complexity index is 609. The Kier molecular flexibility index (Phi) is 6.11. The molecule has 0 aromatic heterocycles. The lowest BCUT2D eigenvalue weighted by molar-refractivity contribution is -0.154. The lowest BCUT2D eigenvalue weighted by Crippen LogP contribution is -2.53. The van der Waals surface area contributed by atoms with E-state index in [9.17, 15) is 9.90 Å². The van der Waals surface area contributed by atoms with Crippen LogP contribution in [0.1, 0.15) is 50.1 Å². The Morgan fingerprint density at radius 2 is 1.74 bits per heavy atom. The molecule has 2 saturated heterocycles. The van der Waals surface area contributed by atoms with Crippen molar-refractivity contribution in [3.63, 3.8) is 0 Å². The molecule has 2 aliphatic heterocycles. The summed E-state index contributed by atoms with van der Waals surface area (Å²) in [7, 11) is 0. The third kappa shape index (κ3) is 4.36. The van der Waals surface area contributed by atoms with Crippen molar-refractivity contribution >= 4 is 5.91 Å². The molecule has 5 heteroatoms. The molecule has 2 heterocycles. The van der Waals surface area contributed by atoms with Crippen molar-refractivity contribution in [3.05, 3.63) is 35.9 Å². The fourth-order valence-corrected chi connectivity index (χ4v) is 4.95. The first-order valence-electron chi connectivity index (χ1n) is 10.6. The van der Waals surface area contributed by atoms with Crippen LogP contribution in [0.2, 0.25) is 0 Å². The van der Waals surface area contributed by atoms with Crippen LogP contribution in [0.15, 0.2) is 30.3 Å². The number of hydrogen-bond donors (Lipinski definition) is 1. The second-order valence-corrected chi connectivity index (χ2v) is 8.31. The van der Waals surface area contributed by atoms with Gasteiger partial charge in [0, 0.05) is 19.0 Å². The van der Waals surface area contributed by atoms with Gasteiger partial charge in [0.05, 0.1) is 24.9 Å². The summed E-state index contributed by atoms with van der Waals surface area (Å²) in [5, 5.41) is 9.80. The van der Waals surface area contributed by atoms with Gasteiger partial charge >= 0.3 is 0 Å². The predicted octanol–water partition coefficient (Wildman–Crippen LogP) is 2.60. The molecule has 0 spiro atoms. The van der Waals surface area contributed by atoms with Crippen molar-refractivity contribution < 1.29 is 14.6 Å². The Hall–Kier alpha value is -1.43. The number of morpholine rings is 1. The van der Waals surface area contributed by atoms with Gasteiger partial charge in [0.2, 0.25) is 5.91 Å². The molecule has 1 aromatic carbocycles. The third-order valence-electron chi connectivity index (χ3n) is 6.46. The first kappa shape index (κ1) is 18.9. The zero-order valence-electron chi connectivity index (χ0n) is 16.1. The number of ether oxygens (including phenoxy) is 1. The lowest BCUT2D eigenvalue weighted by Gasteiger charge is -2.44. The van der Waals surface area contributed by atoms with Crippen LogP contribution in [0.25, 0.3) is 0 Å². The van der Waals surface area contributed by atoms with E-state index < -0.39 is 0 Å². The molecule has 1 amide bonds. The van der Waals surface area contributed by atoms with E-state index in [1.54, 1.807) is 0 Å². The van der Waals surface area contributed by atoms with Crippen LogP contribution in [-0.4, -0.2) is 65.8 Å². The van der Waals surface area contributed by atoms with Crippen LogP contribution >= 0.6 is 0 Å². The summed E-state index contributed by atoms with van der Waals surface area (Å²) in [6.07, 6.45) is 5.41. The first-order chi connectivity index (χ1) is 13.2. The van der Waals surface area contributed by atoms with Gasteiger partial charge in [0.1, 0.15) is 0 Å². The van der Waals surface area contributed by atoms with Crippen LogP contribution in [-0.2, 0) is 9.53 Å². The number of carbonyl (C=O) groups is 1. The molecule has 0 unspecified atom stereocenters. The molecular formula is C22H32N2O3.